The van der Waals surface area contributed by atoms with Crippen LogP contribution in [0.1, 0.15) is 5.56 Å². The summed E-state index contributed by atoms with van der Waals surface area (Å²) in [4.78, 5) is 0. The summed E-state index contributed by atoms with van der Waals surface area (Å²) >= 11 is 5.13. The van der Waals surface area contributed by atoms with Crippen molar-refractivity contribution < 1.29 is 0 Å². The van der Waals surface area contributed by atoms with Gasteiger partial charge in [-0.3, -0.25) is 9.78 Å². The van der Waals surface area contributed by atoms with Crippen LogP contribution in [-0.2, 0) is 7.05 Å². The highest BCUT2D eigenvalue weighted by atomic mass is 32.1. The monoisotopic (exact) mass is 204 g/mol. The number of benzene rings is 1. The highest BCUT2D eigenvalue weighted by Gasteiger charge is 1.99. The fourth-order valence-corrected chi connectivity index (χ4v) is 1.53. The number of nitrogens with one attached hydrogen (secondary N) is 1. The van der Waals surface area contributed by atoms with Gasteiger partial charge in [0.2, 0.25) is 0 Å². The lowest BCUT2D eigenvalue weighted by molar-refractivity contribution is 0.760. The Balaban J connectivity index is 2.49. The van der Waals surface area contributed by atoms with Crippen LogP contribution >= 0.6 is 12.2 Å². The molecule has 2 rings (SSSR count). The van der Waals surface area contributed by atoms with Crippen molar-refractivity contribution in [3.63, 3.8) is 0 Å². The molecule has 3 heteroatoms. The normalized spacial score (nSPS) is 10.4. The van der Waals surface area contributed by atoms with Crippen molar-refractivity contribution in [3.05, 3.63) is 40.5 Å². The van der Waals surface area contributed by atoms with Gasteiger partial charge in [0.15, 0.2) is 0 Å². The van der Waals surface area contributed by atoms with Crippen LogP contribution in [0, 0.1) is 11.6 Å². The van der Waals surface area contributed by atoms with E-state index in [9.17, 15) is 0 Å². The molecule has 0 saturated heterocycles. The van der Waals surface area contributed by atoms with E-state index in [1.54, 1.807) is 0 Å². The van der Waals surface area contributed by atoms with E-state index in [-0.39, 0.29) is 0 Å². The smallest absolute Gasteiger partial charge is 0.122 e. The third-order valence-corrected chi connectivity index (χ3v) is 2.64. The molecule has 0 unspecified atom stereocenters. The molecule has 0 spiro atoms. The molecule has 1 heterocycles. The minimum Gasteiger partial charge on any atom is -0.297 e. The van der Waals surface area contributed by atoms with Crippen molar-refractivity contribution in [1.29, 1.82) is 0 Å². The number of aromatic nitrogens is 2. The van der Waals surface area contributed by atoms with Gasteiger partial charge in [-0.25, -0.2) is 0 Å². The van der Waals surface area contributed by atoms with E-state index in [1.807, 2.05) is 17.8 Å². The van der Waals surface area contributed by atoms with Crippen molar-refractivity contribution >= 4 is 12.2 Å². The van der Waals surface area contributed by atoms with Crippen molar-refractivity contribution in [2.75, 3.05) is 0 Å². The summed E-state index contributed by atoms with van der Waals surface area (Å²) in [7, 11) is 1.92. The third kappa shape index (κ3) is 1.63. The summed E-state index contributed by atoms with van der Waals surface area (Å²) in [6.07, 6.45) is 0. The van der Waals surface area contributed by atoms with Crippen LogP contribution in [0.3, 0.4) is 0 Å². The SMILES string of the molecule is Cc1ccc(-c2cc(=S)n(C)[nH]2)cc1. The lowest BCUT2D eigenvalue weighted by atomic mass is 10.1. The van der Waals surface area contributed by atoms with Crippen LogP contribution in [0.5, 0.6) is 0 Å². The van der Waals surface area contributed by atoms with Crippen LogP contribution in [0.4, 0.5) is 0 Å². The number of hydrogen-bond acceptors (Lipinski definition) is 1. The topological polar surface area (TPSA) is 20.7 Å². The number of H-pyrrole nitrogens is 1. The number of aromatic amines is 1. The predicted octanol–water partition coefficient (Wildman–Crippen LogP) is 3.06. The second-order valence-electron chi connectivity index (χ2n) is 3.43. The first-order chi connectivity index (χ1) is 6.66. The molecule has 14 heavy (non-hydrogen) atoms. The summed E-state index contributed by atoms with van der Waals surface area (Å²) in [6.45, 7) is 2.08. The maximum atomic E-state index is 5.13. The Morgan fingerprint density at radius 1 is 1.21 bits per heavy atom. The second kappa shape index (κ2) is 3.42. The summed E-state index contributed by atoms with van der Waals surface area (Å²) in [5.41, 5.74) is 3.50. The highest BCUT2D eigenvalue weighted by Crippen LogP contribution is 2.17. The van der Waals surface area contributed by atoms with Gasteiger partial charge in [0, 0.05) is 7.05 Å². The van der Waals surface area contributed by atoms with Gasteiger partial charge in [-0.1, -0.05) is 42.0 Å². The molecule has 0 fully saturated rings. The lowest BCUT2D eigenvalue weighted by Crippen LogP contribution is -1.89. The summed E-state index contributed by atoms with van der Waals surface area (Å²) in [5, 5.41) is 3.19. The quantitative estimate of drug-likeness (QED) is 0.708. The first-order valence-electron chi connectivity index (χ1n) is 4.50. The zero-order chi connectivity index (χ0) is 10.1. The second-order valence-corrected chi connectivity index (χ2v) is 3.85. The van der Waals surface area contributed by atoms with Crippen LogP contribution in [0.2, 0.25) is 0 Å². The van der Waals surface area contributed by atoms with E-state index in [1.165, 1.54) is 11.1 Å². The minimum atomic E-state index is 0.820. The van der Waals surface area contributed by atoms with Crippen LogP contribution in [-0.4, -0.2) is 9.78 Å². The van der Waals surface area contributed by atoms with Crippen molar-refractivity contribution in [1.82, 2.24) is 9.78 Å². The van der Waals surface area contributed by atoms with Gasteiger partial charge in [-0.05, 0) is 18.6 Å². The highest BCUT2D eigenvalue weighted by molar-refractivity contribution is 7.71. The maximum absolute atomic E-state index is 5.13. The molecule has 1 aromatic carbocycles. The number of nitrogens with zero attached hydrogens (tertiary/aromatic N) is 1. The largest absolute Gasteiger partial charge is 0.297 e. The van der Waals surface area contributed by atoms with E-state index in [0.717, 1.165) is 10.3 Å². The first kappa shape index (κ1) is 9.21. The van der Waals surface area contributed by atoms with E-state index in [2.05, 4.69) is 36.3 Å². The fraction of sp³-hybridized carbons (Fsp3) is 0.182. The van der Waals surface area contributed by atoms with Gasteiger partial charge in [-0.2, -0.15) is 0 Å². The molecule has 72 valence electrons. The minimum absolute atomic E-state index is 0.820. The zero-order valence-electron chi connectivity index (χ0n) is 8.24. The molecule has 0 atom stereocenters. The van der Waals surface area contributed by atoms with Gasteiger partial charge < -0.3 is 0 Å². The van der Waals surface area contributed by atoms with Gasteiger partial charge >= 0.3 is 0 Å². The molecule has 0 amide bonds. The molecule has 0 aliphatic heterocycles. The Bertz CT molecular complexity index is 491. The molecule has 0 aliphatic carbocycles. The average Bonchev–Trinajstić information content (AvgIpc) is 2.48. The summed E-state index contributed by atoms with van der Waals surface area (Å²) < 4.78 is 2.66. The lowest BCUT2D eigenvalue weighted by Gasteiger charge is -1.98. The van der Waals surface area contributed by atoms with Crippen molar-refractivity contribution in [2.24, 2.45) is 7.05 Å². The Hall–Kier alpha value is -1.35. The Labute approximate surface area is 88.2 Å². The molecular formula is C11H12N2S. The van der Waals surface area contributed by atoms with Crippen molar-refractivity contribution in [3.8, 4) is 11.3 Å². The first-order valence-corrected chi connectivity index (χ1v) is 4.91. The molecular weight excluding hydrogens is 192 g/mol. The van der Waals surface area contributed by atoms with E-state index < -0.39 is 0 Å². The number of aryl methyl sites for hydroxylation is 2. The molecule has 0 radical (unpaired) electrons. The van der Waals surface area contributed by atoms with Gasteiger partial charge in [0.1, 0.15) is 4.64 Å². The molecule has 0 aliphatic rings. The van der Waals surface area contributed by atoms with Crippen LogP contribution in [0.25, 0.3) is 11.3 Å². The molecule has 2 aromatic rings. The van der Waals surface area contributed by atoms with Gasteiger partial charge in [0.25, 0.3) is 0 Å². The zero-order valence-corrected chi connectivity index (χ0v) is 9.06. The number of rotatable bonds is 1. The fourth-order valence-electron chi connectivity index (χ4n) is 1.37. The van der Waals surface area contributed by atoms with Crippen LogP contribution in [0.15, 0.2) is 30.3 Å². The molecule has 0 saturated carbocycles. The van der Waals surface area contributed by atoms with E-state index in [0.29, 0.717) is 0 Å². The Morgan fingerprint density at radius 2 is 1.86 bits per heavy atom. The van der Waals surface area contributed by atoms with E-state index >= 15 is 0 Å². The number of hydrogen-bond donors (Lipinski definition) is 1. The molecule has 0 bridgehead atoms. The Kier molecular flexibility index (Phi) is 2.25. The standard InChI is InChI=1S/C11H12N2S/c1-8-3-5-9(6-4-8)10-7-11(14)13(2)12-10/h3-7,12H,1-2H3. The molecule has 1 N–H and O–H groups in total. The summed E-state index contributed by atoms with van der Waals surface area (Å²) in [5.74, 6) is 0. The summed E-state index contributed by atoms with van der Waals surface area (Å²) in [6, 6.07) is 10.4. The average molecular weight is 204 g/mol. The van der Waals surface area contributed by atoms with E-state index in [4.69, 9.17) is 12.2 Å². The Morgan fingerprint density at radius 3 is 2.36 bits per heavy atom. The van der Waals surface area contributed by atoms with Crippen molar-refractivity contribution in [2.45, 2.75) is 6.92 Å². The molecule has 2 nitrogen and oxygen atoms in total. The molecule has 1 aromatic heterocycles. The maximum Gasteiger partial charge on any atom is 0.122 e. The van der Waals surface area contributed by atoms with Gasteiger partial charge in [0.05, 0.1) is 5.69 Å². The predicted molar refractivity (Wildman–Crippen MR) is 60.8 cm³/mol. The third-order valence-electron chi connectivity index (χ3n) is 2.25. The van der Waals surface area contributed by atoms with Crippen LogP contribution < -0.4 is 0 Å². The van der Waals surface area contributed by atoms with Gasteiger partial charge in [-0.15, -0.1) is 0 Å².